The van der Waals surface area contributed by atoms with Gasteiger partial charge >= 0.3 is 5.97 Å². The van der Waals surface area contributed by atoms with Crippen LogP contribution in [0, 0.1) is 30.4 Å². The van der Waals surface area contributed by atoms with Gasteiger partial charge in [-0.05, 0) is 79.8 Å². The van der Waals surface area contributed by atoms with Gasteiger partial charge in [-0.15, -0.1) is 0 Å². The van der Waals surface area contributed by atoms with E-state index in [1.54, 1.807) is 12.1 Å². The molecular weight excluding hydrogens is 580 g/mol. The molecule has 1 aromatic heterocycles. The van der Waals surface area contributed by atoms with E-state index in [9.17, 15) is 19.1 Å². The third-order valence-electron chi connectivity index (χ3n) is 9.48. The molecule has 8 nitrogen and oxygen atoms in total. The van der Waals surface area contributed by atoms with Crippen molar-refractivity contribution in [3.63, 3.8) is 0 Å². The fourth-order valence-electron chi connectivity index (χ4n) is 6.71. The average Bonchev–Trinajstić information content (AvgIpc) is 3.60. The molecule has 0 radical (unpaired) electrons. The first-order chi connectivity index (χ1) is 21.8. The maximum absolute atomic E-state index is 15.2. The zero-order chi connectivity index (χ0) is 31.5. The third kappa shape index (κ3) is 6.96. The van der Waals surface area contributed by atoms with Crippen molar-refractivity contribution in [2.45, 2.75) is 51.6 Å². The van der Waals surface area contributed by atoms with Gasteiger partial charge in [-0.1, -0.05) is 24.3 Å². The van der Waals surface area contributed by atoms with E-state index in [1.807, 2.05) is 28.9 Å². The van der Waals surface area contributed by atoms with Gasteiger partial charge in [0.15, 0.2) is 11.6 Å². The molecule has 1 N–H and O–H groups in total. The number of aryl methyl sites for hydroxylation is 1. The van der Waals surface area contributed by atoms with Crippen molar-refractivity contribution >= 4 is 17.7 Å². The minimum Gasteiger partial charge on any atom is -0.485 e. The molecule has 10 heteroatoms. The van der Waals surface area contributed by atoms with E-state index in [0.717, 1.165) is 49.5 Å². The van der Waals surface area contributed by atoms with Gasteiger partial charge in [0.1, 0.15) is 18.2 Å². The monoisotopic (exact) mass is 619 g/mol. The number of carbonyl (C=O) groups is 2. The van der Waals surface area contributed by atoms with Crippen molar-refractivity contribution in [2.75, 3.05) is 44.3 Å². The Labute approximate surface area is 262 Å². The molecule has 0 aliphatic carbocycles. The maximum atomic E-state index is 15.2. The number of pyridine rings is 1. The van der Waals surface area contributed by atoms with E-state index >= 15 is 4.39 Å². The second-order valence-corrected chi connectivity index (χ2v) is 12.4. The number of nitrogens with zero attached hydrogens (tertiary/aromatic N) is 3. The number of anilines is 1. The highest BCUT2D eigenvalue weighted by molar-refractivity contribution is 5.79. The molecule has 2 aromatic carbocycles. The minimum atomic E-state index is -0.806. The summed E-state index contributed by atoms with van der Waals surface area (Å²) in [5.74, 6) is -1.57. The fraction of sp³-hybridized carbons (Fsp3) is 0.457. The summed E-state index contributed by atoms with van der Waals surface area (Å²) in [6.45, 7) is 5.86. The number of likely N-dealkylation sites (tertiary alicyclic amines) is 1. The highest BCUT2D eigenvalue weighted by atomic mass is 19.1. The molecule has 3 aliphatic heterocycles. The summed E-state index contributed by atoms with van der Waals surface area (Å²) in [6, 6.07) is 13.6. The van der Waals surface area contributed by atoms with E-state index in [0.29, 0.717) is 56.6 Å². The molecule has 3 aromatic rings. The van der Waals surface area contributed by atoms with Crippen molar-refractivity contribution in [1.82, 2.24) is 9.88 Å². The number of ether oxygens (including phenoxy) is 2. The number of benzene rings is 2. The predicted molar refractivity (Wildman–Crippen MR) is 165 cm³/mol. The lowest BCUT2D eigenvalue weighted by atomic mass is 9.87. The van der Waals surface area contributed by atoms with Crippen LogP contribution in [0.25, 0.3) is 11.3 Å². The Hall–Kier alpha value is -4.05. The van der Waals surface area contributed by atoms with Crippen LogP contribution < -0.4 is 9.64 Å². The smallest absolute Gasteiger partial charge is 0.306 e. The van der Waals surface area contributed by atoms with Crippen LogP contribution in [-0.2, 0) is 20.9 Å². The Kier molecular flexibility index (Phi) is 9.30. The van der Waals surface area contributed by atoms with E-state index in [-0.39, 0.29) is 35.7 Å². The Bertz CT molecular complexity index is 1540. The van der Waals surface area contributed by atoms with Crippen molar-refractivity contribution in [1.29, 1.82) is 0 Å². The first kappa shape index (κ1) is 31.0. The standard InChI is InChI=1S/C35H39F2N3O5/c1-22-17-25(23-7-14-40(15-8-23)34(41)27-11-16-44-20-27)5-6-26(22)21-45-33-29(18-28(36)19-30(33)37)31-3-2-4-32(38-31)39-12-9-24(10-13-39)35(42)43/h2-6,17-19,23-24,27H,7-16,20-21H2,1H3,(H,42,43). The Morgan fingerprint density at radius 2 is 1.76 bits per heavy atom. The van der Waals surface area contributed by atoms with Crippen LogP contribution in [0.3, 0.4) is 0 Å². The number of carboxylic acid groups (broad SMARTS) is 1. The Morgan fingerprint density at radius 1 is 0.978 bits per heavy atom. The molecule has 6 rings (SSSR count). The van der Waals surface area contributed by atoms with E-state index < -0.39 is 17.6 Å². The molecule has 1 atom stereocenters. The van der Waals surface area contributed by atoms with E-state index in [4.69, 9.17) is 9.47 Å². The number of halogens is 2. The van der Waals surface area contributed by atoms with E-state index in [1.165, 1.54) is 11.6 Å². The summed E-state index contributed by atoms with van der Waals surface area (Å²) in [5, 5.41) is 9.32. The maximum Gasteiger partial charge on any atom is 0.306 e. The number of hydrogen-bond acceptors (Lipinski definition) is 6. The van der Waals surface area contributed by atoms with Gasteiger partial charge in [-0.3, -0.25) is 9.59 Å². The molecule has 45 heavy (non-hydrogen) atoms. The van der Waals surface area contributed by atoms with Crippen molar-refractivity contribution in [2.24, 2.45) is 11.8 Å². The number of rotatable bonds is 8. The number of aromatic nitrogens is 1. The van der Waals surface area contributed by atoms with Crippen LogP contribution in [-0.4, -0.2) is 66.3 Å². The second kappa shape index (κ2) is 13.5. The topological polar surface area (TPSA) is 92.2 Å². The highest BCUT2D eigenvalue weighted by Gasteiger charge is 2.31. The fourth-order valence-corrected chi connectivity index (χ4v) is 6.71. The Morgan fingerprint density at radius 3 is 2.44 bits per heavy atom. The van der Waals surface area contributed by atoms with Gasteiger partial charge in [0.25, 0.3) is 0 Å². The molecule has 4 heterocycles. The lowest BCUT2D eigenvalue weighted by molar-refractivity contribution is -0.142. The van der Waals surface area contributed by atoms with Crippen LogP contribution in [0.15, 0.2) is 48.5 Å². The number of hydrogen-bond donors (Lipinski definition) is 1. The SMILES string of the molecule is Cc1cc(C2CCN(C(=O)C3CCOC3)CC2)ccc1COc1c(F)cc(F)cc1-c1cccc(N2CCC(C(=O)O)CC2)n1. The van der Waals surface area contributed by atoms with Gasteiger partial charge in [0.2, 0.25) is 5.91 Å². The van der Waals surface area contributed by atoms with Crippen LogP contribution >= 0.6 is 0 Å². The lowest BCUT2D eigenvalue weighted by Gasteiger charge is -2.33. The molecule has 0 bridgehead atoms. The number of carbonyl (C=O) groups excluding carboxylic acids is 1. The minimum absolute atomic E-state index is 0.00232. The normalized spacial score (nSPS) is 19.6. The highest BCUT2D eigenvalue weighted by Crippen LogP contribution is 2.36. The quantitative estimate of drug-likeness (QED) is 0.333. The zero-order valence-electron chi connectivity index (χ0n) is 25.5. The molecule has 3 saturated heterocycles. The molecular formula is C35H39F2N3O5. The molecule has 1 amide bonds. The van der Waals surface area contributed by atoms with Crippen LogP contribution in [0.5, 0.6) is 5.75 Å². The molecule has 3 fully saturated rings. The summed E-state index contributed by atoms with van der Waals surface area (Å²) in [4.78, 5) is 32.8. The Balaban J connectivity index is 1.13. The number of carboxylic acids is 1. The van der Waals surface area contributed by atoms with Gasteiger partial charge in [0.05, 0.1) is 24.1 Å². The third-order valence-corrected chi connectivity index (χ3v) is 9.48. The zero-order valence-corrected chi connectivity index (χ0v) is 25.5. The number of piperidine rings is 2. The van der Waals surface area contributed by atoms with Gasteiger partial charge < -0.3 is 24.4 Å². The first-order valence-electron chi connectivity index (χ1n) is 15.8. The van der Waals surface area contributed by atoms with Crippen molar-refractivity contribution in [3.8, 4) is 17.0 Å². The van der Waals surface area contributed by atoms with Crippen LogP contribution in [0.4, 0.5) is 14.6 Å². The van der Waals surface area contributed by atoms with Crippen LogP contribution in [0.1, 0.15) is 54.7 Å². The molecule has 3 aliphatic rings. The first-order valence-corrected chi connectivity index (χ1v) is 15.8. The summed E-state index contributed by atoms with van der Waals surface area (Å²) in [6.07, 6.45) is 3.64. The predicted octanol–water partition coefficient (Wildman–Crippen LogP) is 5.96. The molecule has 1 unspecified atom stereocenters. The van der Waals surface area contributed by atoms with Gasteiger partial charge in [-0.2, -0.15) is 0 Å². The number of amides is 1. The summed E-state index contributed by atoms with van der Waals surface area (Å²) >= 11 is 0. The van der Waals surface area contributed by atoms with Crippen molar-refractivity contribution < 1.29 is 33.0 Å². The van der Waals surface area contributed by atoms with E-state index in [2.05, 4.69) is 17.1 Å². The largest absolute Gasteiger partial charge is 0.485 e. The summed E-state index contributed by atoms with van der Waals surface area (Å²) < 4.78 is 41.0. The number of aliphatic carboxylic acids is 1. The summed E-state index contributed by atoms with van der Waals surface area (Å²) in [5.41, 5.74) is 3.72. The van der Waals surface area contributed by atoms with Gasteiger partial charge in [-0.25, -0.2) is 13.8 Å². The summed E-state index contributed by atoms with van der Waals surface area (Å²) in [7, 11) is 0. The average molecular weight is 620 g/mol. The molecule has 0 saturated carbocycles. The second-order valence-electron chi connectivity index (χ2n) is 12.4. The molecule has 238 valence electrons. The van der Waals surface area contributed by atoms with Gasteiger partial charge in [0, 0.05) is 44.4 Å². The van der Waals surface area contributed by atoms with Crippen molar-refractivity contribution in [3.05, 3.63) is 76.9 Å². The lowest BCUT2D eigenvalue weighted by Crippen LogP contribution is -2.41. The van der Waals surface area contributed by atoms with Crippen LogP contribution in [0.2, 0.25) is 0 Å². The molecule has 0 spiro atoms.